The van der Waals surface area contributed by atoms with Gasteiger partial charge in [0.15, 0.2) is 0 Å². The number of fused-ring (bicyclic) bond motifs is 1. The van der Waals surface area contributed by atoms with Crippen LogP contribution < -0.4 is 5.32 Å². The molecule has 1 nitrogen and oxygen atoms in total. The van der Waals surface area contributed by atoms with Crippen molar-refractivity contribution in [3.63, 3.8) is 0 Å². The third-order valence-corrected chi connectivity index (χ3v) is 4.54. The van der Waals surface area contributed by atoms with Gasteiger partial charge in [-0.3, -0.25) is 0 Å². The summed E-state index contributed by atoms with van der Waals surface area (Å²) < 4.78 is 14.8. The van der Waals surface area contributed by atoms with E-state index in [9.17, 15) is 4.39 Å². The predicted molar refractivity (Wildman–Crippen MR) is 78.8 cm³/mol. The molecule has 0 amide bonds. The molecule has 19 heavy (non-hydrogen) atoms. The Morgan fingerprint density at radius 3 is 2.74 bits per heavy atom. The van der Waals surface area contributed by atoms with E-state index in [4.69, 9.17) is 0 Å². The minimum atomic E-state index is -0.161. The van der Waals surface area contributed by atoms with Gasteiger partial charge in [0.2, 0.25) is 0 Å². The highest BCUT2D eigenvalue weighted by Gasteiger charge is 2.34. The maximum atomic E-state index is 14.2. The molecule has 1 aliphatic rings. The van der Waals surface area contributed by atoms with Crippen molar-refractivity contribution in [3.05, 3.63) is 69.4 Å². The lowest BCUT2D eigenvalue weighted by atomic mass is 9.71. The summed E-state index contributed by atoms with van der Waals surface area (Å²) in [6.07, 6.45) is 1.01. The largest absolute Gasteiger partial charge is 0.312 e. The second-order valence-electron chi connectivity index (χ2n) is 4.92. The summed E-state index contributed by atoms with van der Waals surface area (Å²) in [5, 5.41) is 3.27. The number of likely N-dealkylation sites (N-methyl/N-ethyl adjacent to an activating group) is 1. The average molecular weight is 320 g/mol. The van der Waals surface area contributed by atoms with E-state index in [0.717, 1.165) is 12.0 Å². The van der Waals surface area contributed by atoms with Crippen molar-refractivity contribution < 1.29 is 4.39 Å². The molecule has 2 aromatic carbocycles. The third kappa shape index (κ3) is 2.11. The summed E-state index contributed by atoms with van der Waals surface area (Å²) >= 11 is 3.26. The predicted octanol–water partition coefficient (Wildman–Crippen LogP) is 4.19. The lowest BCUT2D eigenvalue weighted by Gasteiger charge is -2.37. The Hall–Kier alpha value is -1.19. The number of halogens is 2. The minimum absolute atomic E-state index is 0.0207. The maximum absolute atomic E-state index is 14.2. The number of benzene rings is 2. The smallest absolute Gasteiger partial charge is 0.142 e. The van der Waals surface area contributed by atoms with E-state index >= 15 is 0 Å². The molecule has 2 aromatic rings. The summed E-state index contributed by atoms with van der Waals surface area (Å²) in [6.45, 7) is 0. The van der Waals surface area contributed by atoms with Crippen LogP contribution in [0.5, 0.6) is 0 Å². The van der Waals surface area contributed by atoms with Crippen LogP contribution in [0.15, 0.2) is 46.9 Å². The van der Waals surface area contributed by atoms with Gasteiger partial charge < -0.3 is 5.32 Å². The van der Waals surface area contributed by atoms with Crippen molar-refractivity contribution in [2.45, 2.75) is 18.4 Å². The molecule has 98 valence electrons. The molecule has 0 heterocycles. The SMILES string of the molecule is CNC(c1cccc(Br)c1F)C1Cc2ccccc21. The Labute approximate surface area is 121 Å². The van der Waals surface area contributed by atoms with Gasteiger partial charge in [-0.25, -0.2) is 4.39 Å². The summed E-state index contributed by atoms with van der Waals surface area (Å²) in [5.74, 6) is 0.191. The molecule has 0 spiro atoms. The first-order valence-electron chi connectivity index (χ1n) is 6.41. The summed E-state index contributed by atoms with van der Waals surface area (Å²) in [5.41, 5.74) is 3.45. The van der Waals surface area contributed by atoms with E-state index in [1.165, 1.54) is 11.1 Å². The topological polar surface area (TPSA) is 12.0 Å². The molecule has 2 unspecified atom stereocenters. The molecule has 0 bridgehead atoms. The number of rotatable bonds is 3. The first-order valence-corrected chi connectivity index (χ1v) is 7.20. The van der Waals surface area contributed by atoms with Gasteiger partial charge in [0, 0.05) is 17.5 Å². The van der Waals surface area contributed by atoms with E-state index in [1.54, 1.807) is 6.07 Å². The van der Waals surface area contributed by atoms with Gasteiger partial charge in [-0.2, -0.15) is 0 Å². The Kier molecular flexibility index (Phi) is 3.42. The van der Waals surface area contributed by atoms with Crippen LogP contribution in [0, 0.1) is 5.82 Å². The van der Waals surface area contributed by atoms with Crippen LogP contribution in [0.25, 0.3) is 0 Å². The Bertz CT molecular complexity index is 611. The van der Waals surface area contributed by atoms with E-state index in [2.05, 4.69) is 45.5 Å². The van der Waals surface area contributed by atoms with Gasteiger partial charge >= 0.3 is 0 Å². The summed E-state index contributed by atoms with van der Waals surface area (Å²) in [6, 6.07) is 13.9. The van der Waals surface area contributed by atoms with E-state index < -0.39 is 0 Å². The molecule has 0 aliphatic heterocycles. The fourth-order valence-electron chi connectivity index (χ4n) is 2.93. The molecular formula is C16H15BrFN. The van der Waals surface area contributed by atoms with Crippen LogP contribution in [0.3, 0.4) is 0 Å². The van der Waals surface area contributed by atoms with Crippen molar-refractivity contribution in [2.24, 2.45) is 0 Å². The number of hydrogen-bond donors (Lipinski definition) is 1. The molecule has 0 fully saturated rings. The Morgan fingerprint density at radius 1 is 1.21 bits per heavy atom. The lowest BCUT2D eigenvalue weighted by Crippen LogP contribution is -2.32. The Morgan fingerprint density at radius 2 is 2.00 bits per heavy atom. The van der Waals surface area contributed by atoms with Crippen molar-refractivity contribution in [2.75, 3.05) is 7.05 Å². The van der Waals surface area contributed by atoms with Crippen LogP contribution >= 0.6 is 15.9 Å². The molecule has 0 saturated carbocycles. The molecule has 0 radical (unpaired) electrons. The normalized spacial score (nSPS) is 18.6. The van der Waals surface area contributed by atoms with Gasteiger partial charge in [-0.15, -0.1) is 0 Å². The maximum Gasteiger partial charge on any atom is 0.142 e. The zero-order valence-electron chi connectivity index (χ0n) is 10.7. The molecule has 3 heteroatoms. The van der Waals surface area contributed by atoms with E-state index in [1.807, 2.05) is 19.2 Å². The molecule has 3 rings (SSSR count). The quantitative estimate of drug-likeness (QED) is 0.894. The summed E-state index contributed by atoms with van der Waals surface area (Å²) in [4.78, 5) is 0. The first kappa shape index (κ1) is 12.8. The van der Waals surface area contributed by atoms with Gasteiger partial charge in [0.1, 0.15) is 5.82 Å². The summed E-state index contributed by atoms with van der Waals surface area (Å²) in [7, 11) is 1.89. The minimum Gasteiger partial charge on any atom is -0.312 e. The zero-order chi connectivity index (χ0) is 13.4. The fourth-order valence-corrected chi connectivity index (χ4v) is 3.31. The highest BCUT2D eigenvalue weighted by Crippen LogP contribution is 2.44. The molecule has 0 aromatic heterocycles. The van der Waals surface area contributed by atoms with Crippen LogP contribution in [-0.2, 0) is 6.42 Å². The van der Waals surface area contributed by atoms with E-state index in [0.29, 0.717) is 10.4 Å². The van der Waals surface area contributed by atoms with Gasteiger partial charge in [-0.1, -0.05) is 36.4 Å². The monoisotopic (exact) mass is 319 g/mol. The third-order valence-electron chi connectivity index (χ3n) is 3.92. The second-order valence-corrected chi connectivity index (χ2v) is 5.77. The lowest BCUT2D eigenvalue weighted by molar-refractivity contribution is 0.421. The van der Waals surface area contributed by atoms with Crippen LogP contribution in [0.2, 0.25) is 0 Å². The molecule has 1 aliphatic carbocycles. The number of nitrogens with one attached hydrogen (secondary N) is 1. The fraction of sp³-hybridized carbons (Fsp3) is 0.250. The van der Waals surface area contributed by atoms with Crippen molar-refractivity contribution in [1.82, 2.24) is 5.32 Å². The standard InChI is InChI=1S/C16H15BrFN/c1-19-16(12-7-4-8-14(17)15(12)18)13-9-10-5-2-3-6-11(10)13/h2-8,13,16,19H,9H2,1H3. The average Bonchev–Trinajstić information content (AvgIpc) is 2.40. The first-order chi connectivity index (χ1) is 9.22. The van der Waals surface area contributed by atoms with Crippen LogP contribution in [-0.4, -0.2) is 7.05 Å². The molecule has 0 saturated heterocycles. The second kappa shape index (κ2) is 5.06. The van der Waals surface area contributed by atoms with Crippen molar-refractivity contribution in [3.8, 4) is 0 Å². The molecule has 2 atom stereocenters. The van der Waals surface area contributed by atoms with Crippen LogP contribution in [0.1, 0.15) is 28.7 Å². The van der Waals surface area contributed by atoms with Crippen molar-refractivity contribution >= 4 is 15.9 Å². The zero-order valence-corrected chi connectivity index (χ0v) is 12.2. The van der Waals surface area contributed by atoms with Crippen molar-refractivity contribution in [1.29, 1.82) is 0 Å². The Balaban J connectivity index is 1.97. The highest BCUT2D eigenvalue weighted by molar-refractivity contribution is 9.10. The van der Waals surface area contributed by atoms with Gasteiger partial charge in [0.25, 0.3) is 0 Å². The van der Waals surface area contributed by atoms with Gasteiger partial charge in [-0.05, 0) is 46.6 Å². The van der Waals surface area contributed by atoms with Gasteiger partial charge in [0.05, 0.1) is 4.47 Å². The number of hydrogen-bond acceptors (Lipinski definition) is 1. The van der Waals surface area contributed by atoms with E-state index in [-0.39, 0.29) is 11.9 Å². The van der Waals surface area contributed by atoms with Crippen LogP contribution in [0.4, 0.5) is 4.39 Å². The highest BCUT2D eigenvalue weighted by atomic mass is 79.9. The molecular weight excluding hydrogens is 305 g/mol. The molecule has 1 N–H and O–H groups in total.